The Morgan fingerprint density at radius 2 is 1.76 bits per heavy atom. The lowest BCUT2D eigenvalue weighted by Crippen LogP contribution is -2.41. The van der Waals surface area contributed by atoms with Crippen molar-refractivity contribution in [3.05, 3.63) is 53.6 Å². The highest BCUT2D eigenvalue weighted by Gasteiger charge is 2.28. The van der Waals surface area contributed by atoms with Crippen molar-refractivity contribution < 1.29 is 19.4 Å². The molecule has 1 amide bonds. The smallest absolute Gasteiger partial charge is 0.255 e. The summed E-state index contributed by atoms with van der Waals surface area (Å²) in [5.41, 5.74) is 1.81. The maximum atomic E-state index is 12.9. The Balaban J connectivity index is 1.53. The van der Waals surface area contributed by atoms with E-state index < -0.39 is 6.23 Å². The second-order valence-electron chi connectivity index (χ2n) is 8.17. The van der Waals surface area contributed by atoms with Crippen LogP contribution in [0.4, 0.5) is 5.69 Å². The van der Waals surface area contributed by atoms with E-state index in [4.69, 9.17) is 9.47 Å². The number of amides is 1. The molecule has 1 saturated heterocycles. The van der Waals surface area contributed by atoms with E-state index in [1.165, 1.54) is 6.42 Å². The number of piperidine rings is 1. The van der Waals surface area contributed by atoms with Gasteiger partial charge in [0, 0.05) is 29.9 Å². The number of rotatable bonds is 4. The predicted octanol–water partition coefficient (Wildman–Crippen LogP) is 3.68. The fraction of sp³-hybridized carbons (Fsp3) is 0.435. The number of carbonyl (C=O) groups is 1. The maximum absolute atomic E-state index is 12.9. The minimum absolute atomic E-state index is 0.248. The molecule has 0 radical (unpaired) electrons. The largest absolute Gasteiger partial charge is 0.486 e. The Kier molecular flexibility index (Phi) is 5.74. The summed E-state index contributed by atoms with van der Waals surface area (Å²) in [6.45, 7) is 7.10. The molecule has 2 N–H and O–H groups in total. The average Bonchev–Trinajstić information content (AvgIpc) is 2.72. The first kappa shape index (κ1) is 19.7. The van der Waals surface area contributed by atoms with E-state index in [9.17, 15) is 9.90 Å². The fourth-order valence-electron chi connectivity index (χ4n) is 4.32. The molecule has 0 saturated carbocycles. The van der Waals surface area contributed by atoms with Gasteiger partial charge < -0.3 is 19.9 Å². The SMILES string of the molecule is CC1CC(C)CN(C(O)c2ccccc2NC(=O)c2ccc3c(c2)OCCO3)C1. The third-order valence-corrected chi connectivity index (χ3v) is 5.53. The number of ether oxygens (including phenoxy) is 2. The number of fused-ring (bicyclic) bond motifs is 1. The van der Waals surface area contributed by atoms with Gasteiger partial charge in [-0.1, -0.05) is 32.0 Å². The molecule has 6 heteroatoms. The van der Waals surface area contributed by atoms with E-state index in [-0.39, 0.29) is 5.91 Å². The summed E-state index contributed by atoms with van der Waals surface area (Å²) in [6, 6.07) is 12.6. The Bertz CT molecular complexity index is 875. The van der Waals surface area contributed by atoms with Crippen LogP contribution in [0.2, 0.25) is 0 Å². The minimum Gasteiger partial charge on any atom is -0.486 e. The molecule has 0 bridgehead atoms. The summed E-state index contributed by atoms with van der Waals surface area (Å²) < 4.78 is 11.1. The summed E-state index contributed by atoms with van der Waals surface area (Å²) in [5.74, 6) is 2.05. The van der Waals surface area contributed by atoms with Gasteiger partial charge in [-0.3, -0.25) is 9.69 Å². The first-order valence-corrected chi connectivity index (χ1v) is 10.2. The molecule has 0 aromatic heterocycles. The van der Waals surface area contributed by atoms with Crippen molar-refractivity contribution in [1.29, 1.82) is 0 Å². The van der Waals surface area contributed by atoms with Crippen LogP contribution < -0.4 is 14.8 Å². The number of hydrogen-bond donors (Lipinski definition) is 2. The highest BCUT2D eigenvalue weighted by molar-refractivity contribution is 6.05. The number of nitrogens with zero attached hydrogens (tertiary/aromatic N) is 1. The zero-order chi connectivity index (χ0) is 20.4. The Morgan fingerprint density at radius 1 is 1.07 bits per heavy atom. The predicted molar refractivity (Wildman–Crippen MR) is 111 cm³/mol. The molecule has 0 spiro atoms. The van der Waals surface area contributed by atoms with Crippen LogP contribution in [0.15, 0.2) is 42.5 Å². The van der Waals surface area contributed by atoms with Crippen molar-refractivity contribution in [2.45, 2.75) is 26.5 Å². The van der Waals surface area contributed by atoms with Crippen LogP contribution >= 0.6 is 0 Å². The van der Waals surface area contributed by atoms with Gasteiger partial charge in [-0.2, -0.15) is 0 Å². The van der Waals surface area contributed by atoms with Gasteiger partial charge >= 0.3 is 0 Å². The average molecular weight is 396 g/mol. The summed E-state index contributed by atoms with van der Waals surface area (Å²) in [6.07, 6.45) is 0.420. The molecule has 4 rings (SSSR count). The van der Waals surface area contributed by atoms with Gasteiger partial charge in [0.1, 0.15) is 19.4 Å². The number of anilines is 1. The molecule has 3 unspecified atom stereocenters. The Morgan fingerprint density at radius 3 is 2.52 bits per heavy atom. The van der Waals surface area contributed by atoms with Gasteiger partial charge in [-0.25, -0.2) is 0 Å². The molecule has 2 aromatic carbocycles. The third-order valence-electron chi connectivity index (χ3n) is 5.53. The van der Waals surface area contributed by atoms with Gasteiger partial charge in [-0.15, -0.1) is 0 Å². The van der Waals surface area contributed by atoms with E-state index in [0.29, 0.717) is 53.4 Å². The van der Waals surface area contributed by atoms with Crippen LogP contribution in [0.1, 0.15) is 42.4 Å². The van der Waals surface area contributed by atoms with E-state index in [1.54, 1.807) is 18.2 Å². The molecule has 3 atom stereocenters. The van der Waals surface area contributed by atoms with Crippen molar-refractivity contribution in [3.63, 3.8) is 0 Å². The van der Waals surface area contributed by atoms with Crippen molar-refractivity contribution >= 4 is 11.6 Å². The number of aliphatic hydroxyl groups excluding tert-OH is 1. The van der Waals surface area contributed by atoms with E-state index in [2.05, 4.69) is 24.1 Å². The van der Waals surface area contributed by atoms with E-state index >= 15 is 0 Å². The van der Waals surface area contributed by atoms with Crippen molar-refractivity contribution in [1.82, 2.24) is 4.90 Å². The Labute approximate surface area is 171 Å². The summed E-state index contributed by atoms with van der Waals surface area (Å²) >= 11 is 0. The zero-order valence-electron chi connectivity index (χ0n) is 16.9. The molecule has 2 aliphatic heterocycles. The van der Waals surface area contributed by atoms with Crippen molar-refractivity contribution in [2.75, 3.05) is 31.6 Å². The molecule has 2 aliphatic rings. The molecular formula is C23H28N2O4. The van der Waals surface area contributed by atoms with Gasteiger partial charge in [0.25, 0.3) is 5.91 Å². The minimum atomic E-state index is -0.753. The molecule has 0 aliphatic carbocycles. The lowest BCUT2D eigenvalue weighted by Gasteiger charge is -2.38. The summed E-state index contributed by atoms with van der Waals surface area (Å²) in [7, 11) is 0. The number of para-hydroxylation sites is 1. The Hall–Kier alpha value is -2.57. The highest BCUT2D eigenvalue weighted by Crippen LogP contribution is 2.33. The van der Waals surface area contributed by atoms with Crippen LogP contribution in [-0.4, -0.2) is 42.2 Å². The van der Waals surface area contributed by atoms with E-state index in [1.807, 2.05) is 24.3 Å². The molecule has 29 heavy (non-hydrogen) atoms. The molecular weight excluding hydrogens is 368 g/mol. The molecule has 2 heterocycles. The first-order chi connectivity index (χ1) is 14.0. The van der Waals surface area contributed by atoms with Gasteiger partial charge in [0.15, 0.2) is 11.5 Å². The second-order valence-corrected chi connectivity index (χ2v) is 8.17. The number of carbonyl (C=O) groups excluding carboxylic acids is 1. The van der Waals surface area contributed by atoms with Gasteiger partial charge in [0.05, 0.1) is 0 Å². The highest BCUT2D eigenvalue weighted by atomic mass is 16.6. The first-order valence-electron chi connectivity index (χ1n) is 10.2. The monoisotopic (exact) mass is 396 g/mol. The van der Waals surface area contributed by atoms with Crippen LogP contribution in [0.25, 0.3) is 0 Å². The molecule has 2 aromatic rings. The number of likely N-dealkylation sites (tertiary alicyclic amines) is 1. The van der Waals surface area contributed by atoms with Crippen LogP contribution in [0, 0.1) is 11.8 Å². The van der Waals surface area contributed by atoms with Crippen molar-refractivity contribution in [3.8, 4) is 11.5 Å². The summed E-state index contributed by atoms with van der Waals surface area (Å²) in [4.78, 5) is 14.9. The maximum Gasteiger partial charge on any atom is 0.255 e. The number of hydrogen-bond acceptors (Lipinski definition) is 5. The number of aliphatic hydroxyl groups is 1. The zero-order valence-corrected chi connectivity index (χ0v) is 16.9. The molecule has 1 fully saturated rings. The van der Waals surface area contributed by atoms with Crippen LogP contribution in [0.5, 0.6) is 11.5 Å². The summed E-state index contributed by atoms with van der Waals surface area (Å²) in [5, 5.41) is 14.0. The third kappa shape index (κ3) is 4.38. The quantitative estimate of drug-likeness (QED) is 0.825. The fourth-order valence-corrected chi connectivity index (χ4v) is 4.32. The number of nitrogens with one attached hydrogen (secondary N) is 1. The normalized spacial score (nSPS) is 22.7. The van der Waals surface area contributed by atoms with Crippen LogP contribution in [0.3, 0.4) is 0 Å². The van der Waals surface area contributed by atoms with E-state index in [0.717, 1.165) is 13.1 Å². The van der Waals surface area contributed by atoms with Crippen LogP contribution in [-0.2, 0) is 0 Å². The topological polar surface area (TPSA) is 71.0 Å². The molecule has 154 valence electrons. The van der Waals surface area contributed by atoms with Gasteiger partial charge in [-0.05, 0) is 42.5 Å². The van der Waals surface area contributed by atoms with Crippen molar-refractivity contribution in [2.24, 2.45) is 11.8 Å². The standard InChI is InChI=1S/C23H28N2O4/c1-15-11-16(2)14-25(13-15)23(27)18-5-3-4-6-19(18)24-22(26)17-7-8-20-21(12-17)29-10-9-28-20/h3-8,12,15-16,23,27H,9-11,13-14H2,1-2H3,(H,24,26). The second kappa shape index (κ2) is 8.43. The van der Waals surface area contributed by atoms with Gasteiger partial charge in [0.2, 0.25) is 0 Å². The number of benzene rings is 2. The molecule has 6 nitrogen and oxygen atoms in total. The lowest BCUT2D eigenvalue weighted by atomic mass is 9.91. The lowest BCUT2D eigenvalue weighted by molar-refractivity contribution is -0.0346.